The normalized spacial score (nSPS) is 11.5. The molecule has 1 N–H and O–H groups in total. The third kappa shape index (κ3) is 5.20. The van der Waals surface area contributed by atoms with Gasteiger partial charge in [-0.15, -0.1) is 0 Å². The van der Waals surface area contributed by atoms with Crippen LogP contribution in [0.4, 0.5) is 10.5 Å². The number of thioether (sulfide) groups is 1. The molecule has 0 spiro atoms. The average Bonchev–Trinajstić information content (AvgIpc) is 3.06. The Labute approximate surface area is 175 Å². The summed E-state index contributed by atoms with van der Waals surface area (Å²) >= 11 is 1.00. The van der Waals surface area contributed by atoms with Gasteiger partial charge in [0.1, 0.15) is 10.6 Å². The number of benzene rings is 1. The maximum atomic E-state index is 12.8. The van der Waals surface area contributed by atoms with Crippen LogP contribution in [-0.4, -0.2) is 60.5 Å². The van der Waals surface area contributed by atoms with E-state index >= 15 is 0 Å². The molecule has 0 saturated carbocycles. The molecule has 0 radical (unpaired) electrons. The molecule has 1 aromatic heterocycles. The lowest BCUT2D eigenvalue weighted by Crippen LogP contribution is -2.30. The molecule has 0 unspecified atom stereocenters. The first-order valence-electron chi connectivity index (χ1n) is 9.07. The maximum absolute atomic E-state index is 12.8. The third-order valence-electron chi connectivity index (χ3n) is 4.25. The summed E-state index contributed by atoms with van der Waals surface area (Å²) in [6, 6.07) is 8.32. The Hall–Kier alpha value is -2.30. The molecule has 0 aliphatic heterocycles. The van der Waals surface area contributed by atoms with Crippen LogP contribution in [0.5, 0.6) is 0 Å². The molecule has 0 aliphatic carbocycles. The Balaban J connectivity index is 2.30. The molecule has 0 fully saturated rings. The van der Waals surface area contributed by atoms with Crippen LogP contribution in [-0.2, 0) is 17.1 Å². The molecule has 0 bridgehead atoms. The number of carbonyl (C=O) groups excluding carboxylic acids is 2. The summed E-state index contributed by atoms with van der Waals surface area (Å²) in [5.41, 5.74) is 0.682. The standard InChI is InChI=1S/C19H26N4O4S2/c1-6-23(7-2)29(26,27)14-12-16(22(5)13-14)18(24)20-15-10-8-9-11-17(15)28-19(25)21(3)4/h8-13H,6-7H2,1-5H3,(H,20,24). The van der Waals surface area contributed by atoms with Crippen molar-refractivity contribution in [2.45, 2.75) is 23.6 Å². The molecule has 29 heavy (non-hydrogen) atoms. The lowest BCUT2D eigenvalue weighted by atomic mass is 10.3. The number of rotatable bonds is 7. The topological polar surface area (TPSA) is 91.7 Å². The number of anilines is 1. The number of amides is 2. The summed E-state index contributed by atoms with van der Waals surface area (Å²) in [4.78, 5) is 26.9. The number of aryl methyl sites for hydroxylation is 1. The molecule has 8 nitrogen and oxygen atoms in total. The zero-order valence-corrected chi connectivity index (χ0v) is 18.8. The predicted octanol–water partition coefficient (Wildman–Crippen LogP) is 3.08. The van der Waals surface area contributed by atoms with E-state index in [-0.39, 0.29) is 15.8 Å². The zero-order valence-electron chi connectivity index (χ0n) is 17.2. The number of para-hydroxylation sites is 1. The molecular formula is C19H26N4O4S2. The SMILES string of the molecule is CCN(CC)S(=O)(=O)c1cc(C(=O)Nc2ccccc2SC(=O)N(C)C)n(C)c1. The second-order valence-corrected chi connectivity index (χ2v) is 9.41. The summed E-state index contributed by atoms with van der Waals surface area (Å²) in [6.07, 6.45) is 1.43. The third-order valence-corrected chi connectivity index (χ3v) is 7.38. The van der Waals surface area contributed by atoms with E-state index in [0.29, 0.717) is 23.7 Å². The van der Waals surface area contributed by atoms with Crippen LogP contribution in [0.15, 0.2) is 46.3 Å². The van der Waals surface area contributed by atoms with Crippen molar-refractivity contribution in [3.63, 3.8) is 0 Å². The fourth-order valence-corrected chi connectivity index (χ4v) is 4.92. The van der Waals surface area contributed by atoms with Gasteiger partial charge in [-0.3, -0.25) is 9.59 Å². The Kier molecular flexibility index (Phi) is 7.50. The van der Waals surface area contributed by atoms with E-state index in [4.69, 9.17) is 0 Å². The number of carbonyl (C=O) groups is 2. The summed E-state index contributed by atoms with van der Waals surface area (Å²) in [6.45, 7) is 4.22. The van der Waals surface area contributed by atoms with Crippen molar-refractivity contribution >= 4 is 38.6 Å². The molecule has 0 saturated heterocycles. The molecule has 0 aliphatic rings. The van der Waals surface area contributed by atoms with Crippen LogP contribution in [0.1, 0.15) is 24.3 Å². The summed E-state index contributed by atoms with van der Waals surface area (Å²) in [7, 11) is 1.26. The fraction of sp³-hybridized carbons (Fsp3) is 0.368. The Morgan fingerprint density at radius 2 is 1.76 bits per heavy atom. The highest BCUT2D eigenvalue weighted by atomic mass is 32.2. The number of nitrogens with one attached hydrogen (secondary N) is 1. The van der Waals surface area contributed by atoms with Crippen LogP contribution in [0, 0.1) is 0 Å². The van der Waals surface area contributed by atoms with Gasteiger partial charge < -0.3 is 14.8 Å². The van der Waals surface area contributed by atoms with Gasteiger partial charge in [0.05, 0.1) is 5.69 Å². The van der Waals surface area contributed by atoms with Crippen LogP contribution in [0.3, 0.4) is 0 Å². The van der Waals surface area contributed by atoms with E-state index in [1.807, 2.05) is 0 Å². The van der Waals surface area contributed by atoms with Crippen molar-refractivity contribution < 1.29 is 18.0 Å². The second-order valence-electron chi connectivity index (χ2n) is 6.47. The highest BCUT2D eigenvalue weighted by Gasteiger charge is 2.25. The van der Waals surface area contributed by atoms with Gasteiger partial charge in [0.25, 0.3) is 11.1 Å². The molecule has 1 aromatic carbocycles. The number of aromatic nitrogens is 1. The first-order chi connectivity index (χ1) is 13.6. The minimum atomic E-state index is -3.66. The van der Waals surface area contributed by atoms with Gasteiger partial charge >= 0.3 is 0 Å². The van der Waals surface area contributed by atoms with Crippen LogP contribution >= 0.6 is 11.8 Å². The van der Waals surface area contributed by atoms with Crippen molar-refractivity contribution in [1.82, 2.24) is 13.8 Å². The highest BCUT2D eigenvalue weighted by Crippen LogP contribution is 2.29. The van der Waals surface area contributed by atoms with E-state index in [9.17, 15) is 18.0 Å². The smallest absolute Gasteiger partial charge is 0.286 e. The minimum Gasteiger partial charge on any atom is -0.345 e. The van der Waals surface area contributed by atoms with Crippen molar-refractivity contribution in [3.8, 4) is 0 Å². The van der Waals surface area contributed by atoms with E-state index in [2.05, 4.69) is 5.32 Å². The van der Waals surface area contributed by atoms with E-state index in [0.717, 1.165) is 11.8 Å². The quantitative estimate of drug-likeness (QED) is 0.671. The molecule has 0 atom stereocenters. The number of sulfonamides is 1. The van der Waals surface area contributed by atoms with Crippen molar-refractivity contribution in [2.75, 3.05) is 32.5 Å². The van der Waals surface area contributed by atoms with Gasteiger partial charge in [0.2, 0.25) is 10.0 Å². The Morgan fingerprint density at radius 1 is 1.14 bits per heavy atom. The lowest BCUT2D eigenvalue weighted by molar-refractivity contribution is 0.101. The van der Waals surface area contributed by atoms with Gasteiger partial charge in [0.15, 0.2) is 0 Å². The number of nitrogens with zero attached hydrogens (tertiary/aromatic N) is 3. The maximum Gasteiger partial charge on any atom is 0.286 e. The van der Waals surface area contributed by atoms with Crippen LogP contribution in [0.2, 0.25) is 0 Å². The van der Waals surface area contributed by atoms with Gasteiger partial charge in [0, 0.05) is 45.3 Å². The number of hydrogen-bond donors (Lipinski definition) is 1. The monoisotopic (exact) mass is 438 g/mol. The molecule has 158 valence electrons. The van der Waals surface area contributed by atoms with Gasteiger partial charge in [-0.1, -0.05) is 26.0 Å². The average molecular weight is 439 g/mol. The number of hydrogen-bond acceptors (Lipinski definition) is 5. The molecule has 2 aromatic rings. The van der Waals surface area contributed by atoms with Crippen molar-refractivity contribution in [2.24, 2.45) is 7.05 Å². The zero-order chi connectivity index (χ0) is 21.8. The molecule has 2 rings (SSSR count). The van der Waals surface area contributed by atoms with Gasteiger partial charge in [-0.05, 0) is 30.0 Å². The summed E-state index contributed by atoms with van der Waals surface area (Å²) in [5.74, 6) is -0.459. The first kappa shape index (κ1) is 23.0. The van der Waals surface area contributed by atoms with Crippen molar-refractivity contribution in [1.29, 1.82) is 0 Å². The Morgan fingerprint density at radius 3 is 2.34 bits per heavy atom. The molecule has 1 heterocycles. The largest absolute Gasteiger partial charge is 0.345 e. The molecule has 2 amide bonds. The predicted molar refractivity (Wildman–Crippen MR) is 115 cm³/mol. The molecular weight excluding hydrogens is 412 g/mol. The summed E-state index contributed by atoms with van der Waals surface area (Å²) < 4.78 is 28.2. The first-order valence-corrected chi connectivity index (χ1v) is 11.3. The van der Waals surface area contributed by atoms with E-state index in [1.54, 1.807) is 59.3 Å². The van der Waals surface area contributed by atoms with Crippen LogP contribution in [0.25, 0.3) is 0 Å². The second kappa shape index (κ2) is 9.47. The van der Waals surface area contributed by atoms with E-state index in [1.165, 1.54) is 26.0 Å². The summed E-state index contributed by atoms with van der Waals surface area (Å²) in [5, 5.41) is 2.61. The van der Waals surface area contributed by atoms with Gasteiger partial charge in [-0.25, -0.2) is 8.42 Å². The molecule has 10 heteroatoms. The van der Waals surface area contributed by atoms with Crippen molar-refractivity contribution in [3.05, 3.63) is 42.2 Å². The lowest BCUT2D eigenvalue weighted by Gasteiger charge is -2.17. The van der Waals surface area contributed by atoms with E-state index < -0.39 is 15.9 Å². The minimum absolute atomic E-state index is 0.0688. The highest BCUT2D eigenvalue weighted by molar-refractivity contribution is 8.13. The van der Waals surface area contributed by atoms with Crippen LogP contribution < -0.4 is 5.32 Å². The Bertz CT molecular complexity index is 995. The van der Waals surface area contributed by atoms with Gasteiger partial charge in [-0.2, -0.15) is 4.31 Å². The fourth-order valence-electron chi connectivity index (χ4n) is 2.64.